The van der Waals surface area contributed by atoms with Crippen molar-refractivity contribution in [1.82, 2.24) is 39.9 Å². The molecular weight excluding hydrogens is 1250 g/mol. The topological polar surface area (TPSA) is 146 Å². The number of hydrogen-bond donors (Lipinski definition) is 2. The molecule has 8 atom stereocenters. The molecule has 8 bridgehead atoms. The molecule has 2 N–H and O–H groups in total. The summed E-state index contributed by atoms with van der Waals surface area (Å²) in [4.78, 5) is 39.8. The molecule has 32 radical (unpaired) electrons. The van der Waals surface area contributed by atoms with Crippen LogP contribution in [-0.4, -0.2) is 216 Å². The minimum atomic E-state index is -0.442. The van der Waals surface area contributed by atoms with Crippen molar-refractivity contribution in [3.8, 4) is 91.5 Å². The van der Waals surface area contributed by atoms with Gasteiger partial charge in [-0.1, -0.05) is 97.1 Å². The Kier molecular flexibility index (Phi) is 17.9. The summed E-state index contributed by atoms with van der Waals surface area (Å²) in [6.45, 7) is -0.728. The van der Waals surface area contributed by atoms with E-state index in [2.05, 4.69) is 9.97 Å². The molecule has 12 nitrogen and oxygen atoms in total. The SMILES string of the molecule is [B][11B]C1[11B]([B])C1([11B][B])Cc1ccc(Oc2cccc3c2-c2nc-3nc3[nH]c(nc4nc(nc5[nH]c(n2)c2cccc(Oc6ccc(CC7([11B][B])[11B]([B])C7[11B][B])cc6)c52)-c2cccc(Oc5ccc(CC6([11B][B])[11B]([B])C6[11B][B])cc5)c2-4)c2cccc(Oc4ccc(CC5([11B][B])[11B]([B])C5[11B][B])cc4)c32)cc1. The van der Waals surface area contributed by atoms with Gasteiger partial charge in [-0.25, -0.2) is 29.9 Å². The summed E-state index contributed by atoms with van der Waals surface area (Å²) in [5.74, 6) is 5.31. The zero-order chi connectivity index (χ0) is 71.6. The van der Waals surface area contributed by atoms with Crippen LogP contribution in [0.2, 0.25) is 43.7 Å². The summed E-state index contributed by atoms with van der Waals surface area (Å²) in [6, 6.07) is 54.3. The van der Waals surface area contributed by atoms with Gasteiger partial charge in [-0.05, 0) is 121 Å². The second kappa shape index (κ2) is 27.0. The van der Waals surface area contributed by atoms with Crippen LogP contribution in [0.3, 0.4) is 0 Å². The fraction of sp³-hybridized carbons (Fsp3) is 0.176. The second-order valence-electron chi connectivity index (χ2n) is 28.1. The van der Waals surface area contributed by atoms with Crippen LogP contribution >= 0.6 is 0 Å². The van der Waals surface area contributed by atoms with Crippen LogP contribution in [0.5, 0.6) is 46.0 Å². The first kappa shape index (κ1) is 69.0. The van der Waals surface area contributed by atoms with Crippen LogP contribution in [0.25, 0.3) is 89.7 Å². The highest BCUT2D eigenvalue weighted by molar-refractivity contribution is 7.30. The third-order valence-electron chi connectivity index (χ3n) is 22.6. The Morgan fingerprint density at radius 3 is 0.865 bits per heavy atom. The maximum absolute atomic E-state index is 6.91. The third-order valence-corrected chi connectivity index (χ3v) is 22.6. The standard InChI is InChI=1S/C68H42B24N8O4/c69-81-61-65(85-73,89(61)77)29-33-13-21-37(22-14-33)101-45-9-1-5-41-49(45)57-93-53(41)97-58-50-42(6-2-10-46(50)102-38-23-15-34(16-24-38)30-66(86-74)62(82-70)90(66)78)55(94-58)99-60-52-44(8-4-12-48(52)104-40-27-19-36(20-28-40)32-68(88-76)64(84-72)92(68)80)56(96-60)100-59-51-43(54(95-59)98-57)7-3-11-47(51)103-39-25-17-35(18-26-39)31-67(87-75)63(83-71)91(67)79/h1-28,61-64H,29-32H2,(H2,93,94,95,96,97,98,99,100)/i81+0,82+0,83+0,84+0,85+0,86+0,87+0,88+0,89+0,90+0,91+0,92+0. The zero-order valence-electron chi connectivity index (χ0n) is 56.5. The molecule has 6 aliphatic heterocycles. The van der Waals surface area contributed by atoms with E-state index in [0.717, 1.165) is 22.3 Å². The number of hydrogen-bond acceptors (Lipinski definition) is 10. The van der Waals surface area contributed by atoms with Crippen molar-refractivity contribution in [2.45, 2.75) is 69.4 Å². The molecule has 17 rings (SSSR count). The van der Waals surface area contributed by atoms with Crippen LogP contribution in [0.15, 0.2) is 170 Å². The predicted molar refractivity (Wildman–Crippen MR) is 441 cm³/mol. The van der Waals surface area contributed by atoms with Crippen LogP contribution in [0, 0.1) is 0 Å². The molecular formula is C68H42B24N8O4. The van der Waals surface area contributed by atoms with Crippen molar-refractivity contribution in [2.75, 3.05) is 0 Å². The van der Waals surface area contributed by atoms with Gasteiger partial charge >= 0.3 is 0 Å². The average Bonchev–Trinajstić information content (AvgIpc) is 1.58. The molecule has 9 heterocycles. The van der Waals surface area contributed by atoms with Gasteiger partial charge in [-0.3, -0.25) is 0 Å². The molecule has 3 aromatic heterocycles. The fourth-order valence-corrected chi connectivity index (χ4v) is 16.2. The van der Waals surface area contributed by atoms with Gasteiger partial charge in [-0.15, -0.1) is 43.7 Å². The first-order chi connectivity index (χ1) is 50.6. The lowest BCUT2D eigenvalue weighted by atomic mass is 9.38. The van der Waals surface area contributed by atoms with E-state index in [9.17, 15) is 0 Å². The fourth-order valence-electron chi connectivity index (χ4n) is 16.2. The van der Waals surface area contributed by atoms with Crippen LogP contribution in [0.1, 0.15) is 22.3 Å². The predicted octanol–water partition coefficient (Wildman–Crippen LogP) is 7.31. The van der Waals surface area contributed by atoms with E-state index in [0.29, 0.717) is 150 Å². The zero-order valence-corrected chi connectivity index (χ0v) is 56.5. The van der Waals surface area contributed by atoms with E-state index in [4.69, 9.17) is 142 Å². The van der Waals surface area contributed by atoms with Crippen molar-refractivity contribution >= 4 is 221 Å². The van der Waals surface area contributed by atoms with E-state index in [-0.39, 0.29) is 60.9 Å². The summed E-state index contributed by atoms with van der Waals surface area (Å²) in [5.41, 5.74) is 7.86. The highest BCUT2D eigenvalue weighted by Crippen LogP contribution is 2.64. The molecule has 8 unspecified atom stereocenters. The Morgan fingerprint density at radius 1 is 0.317 bits per heavy atom. The van der Waals surface area contributed by atoms with E-state index >= 15 is 0 Å². The van der Waals surface area contributed by atoms with Crippen molar-refractivity contribution in [2.24, 2.45) is 0 Å². The lowest BCUT2D eigenvalue weighted by molar-refractivity contribution is 0.484. The summed E-state index contributed by atoms with van der Waals surface area (Å²) < 4.78 is 27.6. The van der Waals surface area contributed by atoms with E-state index < -0.39 is 20.9 Å². The van der Waals surface area contributed by atoms with E-state index in [1.807, 2.05) is 170 Å². The lowest BCUT2D eigenvalue weighted by Gasteiger charge is -2.18. The minimum Gasteiger partial charge on any atom is -0.457 e. The van der Waals surface area contributed by atoms with Gasteiger partial charge in [-0.2, -0.15) is 0 Å². The maximum atomic E-state index is 6.91. The Bertz CT molecular complexity index is 5040. The molecule has 4 saturated heterocycles. The molecule has 104 heavy (non-hydrogen) atoms. The van der Waals surface area contributed by atoms with E-state index in [1.54, 1.807) is 57.4 Å². The van der Waals surface area contributed by atoms with Crippen LogP contribution in [-0.2, 0) is 25.7 Å². The number of H-pyrrole nitrogens is 2. The molecule has 0 saturated carbocycles. The molecule has 0 spiro atoms. The highest BCUT2D eigenvalue weighted by atomic mass is 16.5. The third kappa shape index (κ3) is 11.6. The number of aromatic nitrogens is 8. The van der Waals surface area contributed by atoms with Gasteiger partial charge in [0.05, 0.1) is 77.0 Å². The van der Waals surface area contributed by atoms with Crippen molar-refractivity contribution in [1.29, 1.82) is 0 Å². The molecule has 4 fully saturated rings. The number of benzene rings is 8. The number of ether oxygens (including phenoxy) is 4. The van der Waals surface area contributed by atoms with E-state index in [1.165, 1.54) is 0 Å². The van der Waals surface area contributed by atoms with Crippen LogP contribution in [0.4, 0.5) is 0 Å². The average molecular weight is 1300 g/mol. The van der Waals surface area contributed by atoms with Crippen molar-refractivity contribution in [3.63, 3.8) is 0 Å². The molecule has 11 aromatic rings. The summed E-state index contributed by atoms with van der Waals surface area (Å²) in [5, 5.41) is 0.733. The largest absolute Gasteiger partial charge is 0.457 e. The number of rotatable bonds is 24. The number of fused-ring (bicyclic) bond motifs is 20. The van der Waals surface area contributed by atoms with Gasteiger partial charge in [0.2, 0.25) is 0 Å². The van der Waals surface area contributed by atoms with Gasteiger partial charge in [0.15, 0.2) is 23.3 Å². The maximum Gasteiger partial charge on any atom is 0.168 e. The Balaban J connectivity index is 0.840. The molecule has 450 valence electrons. The van der Waals surface area contributed by atoms with Gasteiger partial charge in [0.25, 0.3) is 0 Å². The second-order valence-corrected chi connectivity index (χ2v) is 28.1. The number of nitrogens with zero attached hydrogens (tertiary/aromatic N) is 6. The molecule has 0 amide bonds. The Hall–Kier alpha value is -8.12. The molecule has 36 heteroatoms. The minimum absolute atomic E-state index is 0.0336. The van der Waals surface area contributed by atoms with Crippen LogP contribution < -0.4 is 18.9 Å². The number of aromatic amines is 2. The summed E-state index contributed by atoms with van der Waals surface area (Å²) in [6.07, 6.45) is 2.41. The number of nitrogens with one attached hydrogen (secondary N) is 2. The van der Waals surface area contributed by atoms with Crippen molar-refractivity contribution < 1.29 is 18.9 Å². The summed E-state index contributed by atoms with van der Waals surface area (Å²) in [7, 11) is 88.0. The summed E-state index contributed by atoms with van der Waals surface area (Å²) >= 11 is 0. The first-order valence-electron chi connectivity index (χ1n) is 34.5. The first-order valence-corrected chi connectivity index (χ1v) is 34.5. The van der Waals surface area contributed by atoms with Gasteiger partial charge < -0.3 is 28.9 Å². The van der Waals surface area contributed by atoms with Gasteiger partial charge in [0, 0.05) is 143 Å². The Labute approximate surface area is 628 Å². The highest BCUT2D eigenvalue weighted by Gasteiger charge is 2.61. The Morgan fingerprint density at radius 2 is 0.587 bits per heavy atom. The molecule has 0 aliphatic carbocycles. The van der Waals surface area contributed by atoms with Crippen molar-refractivity contribution in [3.05, 3.63) is 192 Å². The molecule has 6 aliphatic rings. The smallest absolute Gasteiger partial charge is 0.168 e. The normalized spacial score (nSPS) is 22.2. The quantitative estimate of drug-likeness (QED) is 0.0592. The molecule has 8 aromatic carbocycles. The van der Waals surface area contributed by atoms with Gasteiger partial charge in [0.1, 0.15) is 68.6 Å². The monoisotopic (exact) mass is 1300 g/mol. The lowest BCUT2D eigenvalue weighted by Crippen LogP contribution is -2.15.